The van der Waals surface area contributed by atoms with Gasteiger partial charge in [-0.25, -0.2) is 13.4 Å². The van der Waals surface area contributed by atoms with Crippen LogP contribution in [0, 0.1) is 5.92 Å². The van der Waals surface area contributed by atoms with E-state index >= 15 is 0 Å². The van der Waals surface area contributed by atoms with Gasteiger partial charge in [-0.15, -0.1) is 0 Å². The molecule has 1 aliphatic carbocycles. The SMILES string of the molecule is Cn1nc(C(C)(C)C)cc1-c1n[nH]c(C(C)(C)S(=O)(=O)CC2CC2)n1. The predicted molar refractivity (Wildman–Crippen MR) is 96.8 cm³/mol. The average molecular weight is 366 g/mol. The van der Waals surface area contributed by atoms with Gasteiger partial charge in [0.1, 0.15) is 16.3 Å². The zero-order chi connectivity index (χ0) is 18.6. The van der Waals surface area contributed by atoms with Gasteiger partial charge in [0.2, 0.25) is 0 Å². The third kappa shape index (κ3) is 3.36. The molecule has 138 valence electrons. The van der Waals surface area contributed by atoms with E-state index in [0.717, 1.165) is 24.2 Å². The van der Waals surface area contributed by atoms with Gasteiger partial charge in [-0.1, -0.05) is 20.8 Å². The largest absolute Gasteiger partial charge is 0.264 e. The first-order valence-corrected chi connectivity index (χ1v) is 10.3. The normalized spacial score (nSPS) is 16.4. The molecule has 0 atom stereocenters. The van der Waals surface area contributed by atoms with Crippen molar-refractivity contribution >= 4 is 9.84 Å². The fraction of sp³-hybridized carbons (Fsp3) is 0.706. The molecule has 2 aromatic rings. The standard InChI is InChI=1S/C17H27N5O2S/c1-16(2,3)13-9-12(22(6)21-13)14-18-15(20-19-14)17(4,5)25(23,24)10-11-7-8-11/h9,11H,7-8,10H2,1-6H3,(H,18,19,20). The maximum Gasteiger partial charge on any atom is 0.199 e. The Balaban J connectivity index is 1.93. The van der Waals surface area contributed by atoms with E-state index in [4.69, 9.17) is 0 Å². The van der Waals surface area contributed by atoms with Gasteiger partial charge in [-0.3, -0.25) is 9.78 Å². The summed E-state index contributed by atoms with van der Waals surface area (Å²) in [6.07, 6.45) is 2.00. The van der Waals surface area contributed by atoms with E-state index in [1.165, 1.54) is 0 Å². The number of H-pyrrole nitrogens is 1. The monoisotopic (exact) mass is 365 g/mol. The molecule has 0 aromatic carbocycles. The molecule has 0 saturated heterocycles. The number of rotatable bonds is 5. The second-order valence-corrected chi connectivity index (χ2v) is 11.1. The molecule has 1 aliphatic rings. The predicted octanol–water partition coefficient (Wildman–Crippen LogP) is 2.56. The van der Waals surface area contributed by atoms with E-state index < -0.39 is 14.6 Å². The van der Waals surface area contributed by atoms with Crippen molar-refractivity contribution in [2.45, 2.75) is 57.6 Å². The fourth-order valence-corrected chi connectivity index (χ4v) is 4.40. The number of nitrogens with one attached hydrogen (secondary N) is 1. The Hall–Kier alpha value is -1.70. The summed E-state index contributed by atoms with van der Waals surface area (Å²) in [6, 6.07) is 1.96. The second kappa shape index (κ2) is 5.65. The molecular weight excluding hydrogens is 338 g/mol. The smallest absolute Gasteiger partial charge is 0.199 e. The number of sulfone groups is 1. The summed E-state index contributed by atoms with van der Waals surface area (Å²) in [4.78, 5) is 4.50. The number of hydrogen-bond acceptors (Lipinski definition) is 5. The Labute approximate surface area is 149 Å². The fourth-order valence-electron chi connectivity index (χ4n) is 2.64. The summed E-state index contributed by atoms with van der Waals surface area (Å²) in [5.41, 5.74) is 1.63. The Morgan fingerprint density at radius 3 is 2.40 bits per heavy atom. The number of aromatic nitrogens is 5. The number of hydrogen-bond donors (Lipinski definition) is 1. The van der Waals surface area contributed by atoms with Gasteiger partial charge in [-0.05, 0) is 38.7 Å². The molecule has 25 heavy (non-hydrogen) atoms. The molecule has 2 aromatic heterocycles. The van der Waals surface area contributed by atoms with E-state index in [1.807, 2.05) is 13.1 Å². The number of nitrogens with zero attached hydrogens (tertiary/aromatic N) is 4. The lowest BCUT2D eigenvalue weighted by Gasteiger charge is -2.21. The molecule has 0 spiro atoms. The molecular formula is C17H27N5O2S. The maximum absolute atomic E-state index is 12.7. The van der Waals surface area contributed by atoms with Crippen LogP contribution in [-0.4, -0.2) is 39.1 Å². The summed E-state index contributed by atoms with van der Waals surface area (Å²) in [5, 5.41) is 11.6. The topological polar surface area (TPSA) is 93.5 Å². The lowest BCUT2D eigenvalue weighted by atomic mass is 9.92. The van der Waals surface area contributed by atoms with Crippen molar-refractivity contribution in [1.82, 2.24) is 25.0 Å². The molecule has 1 N–H and O–H groups in total. The maximum atomic E-state index is 12.7. The van der Waals surface area contributed by atoms with E-state index in [0.29, 0.717) is 17.6 Å². The molecule has 0 unspecified atom stereocenters. The van der Waals surface area contributed by atoms with Crippen molar-refractivity contribution in [2.24, 2.45) is 13.0 Å². The lowest BCUT2D eigenvalue weighted by molar-refractivity contribution is 0.541. The minimum atomic E-state index is -3.30. The molecule has 1 fully saturated rings. The number of aromatic amines is 1. The highest BCUT2D eigenvalue weighted by Gasteiger charge is 2.42. The van der Waals surface area contributed by atoms with Crippen LogP contribution in [0.1, 0.15) is 59.0 Å². The van der Waals surface area contributed by atoms with Crippen molar-refractivity contribution < 1.29 is 8.42 Å². The van der Waals surface area contributed by atoms with Gasteiger partial charge >= 0.3 is 0 Å². The van der Waals surface area contributed by atoms with Crippen LogP contribution in [0.2, 0.25) is 0 Å². The van der Waals surface area contributed by atoms with Crippen molar-refractivity contribution in [1.29, 1.82) is 0 Å². The molecule has 0 amide bonds. The molecule has 8 heteroatoms. The van der Waals surface area contributed by atoms with Crippen molar-refractivity contribution in [2.75, 3.05) is 5.75 Å². The third-order valence-corrected chi connectivity index (χ3v) is 7.52. The zero-order valence-corrected chi connectivity index (χ0v) is 16.6. The zero-order valence-electron chi connectivity index (χ0n) is 15.8. The molecule has 0 radical (unpaired) electrons. The van der Waals surface area contributed by atoms with E-state index in [9.17, 15) is 8.42 Å². The summed E-state index contributed by atoms with van der Waals surface area (Å²) in [5.74, 6) is 1.37. The van der Waals surface area contributed by atoms with E-state index in [-0.39, 0.29) is 11.2 Å². The summed E-state index contributed by atoms with van der Waals surface area (Å²) < 4.78 is 26.1. The van der Waals surface area contributed by atoms with Crippen molar-refractivity contribution in [3.8, 4) is 11.5 Å². The number of aryl methyl sites for hydroxylation is 1. The first kappa shape index (κ1) is 18.1. The van der Waals surface area contributed by atoms with Crippen LogP contribution in [-0.2, 0) is 27.0 Å². The molecule has 0 bridgehead atoms. The van der Waals surface area contributed by atoms with Crippen LogP contribution in [0.25, 0.3) is 11.5 Å². The van der Waals surface area contributed by atoms with Crippen LogP contribution >= 0.6 is 0 Å². The summed E-state index contributed by atoms with van der Waals surface area (Å²) in [7, 11) is -1.46. The minimum Gasteiger partial charge on any atom is -0.264 e. The molecule has 1 saturated carbocycles. The van der Waals surface area contributed by atoms with Gasteiger partial charge in [-0.2, -0.15) is 10.2 Å². The highest BCUT2D eigenvalue weighted by Crippen LogP contribution is 2.37. The van der Waals surface area contributed by atoms with Crippen LogP contribution < -0.4 is 0 Å². The van der Waals surface area contributed by atoms with Gasteiger partial charge in [0, 0.05) is 12.5 Å². The first-order valence-electron chi connectivity index (χ1n) is 8.62. The molecule has 7 nitrogen and oxygen atoms in total. The molecule has 2 heterocycles. The summed E-state index contributed by atoms with van der Waals surface area (Å²) >= 11 is 0. The minimum absolute atomic E-state index is 0.0813. The molecule has 3 rings (SSSR count). The quantitative estimate of drug-likeness (QED) is 0.879. The average Bonchev–Trinajstić information content (AvgIpc) is 2.99. The van der Waals surface area contributed by atoms with E-state index in [1.54, 1.807) is 18.5 Å². The Kier molecular flexibility index (Phi) is 4.09. The highest BCUT2D eigenvalue weighted by atomic mass is 32.2. The van der Waals surface area contributed by atoms with Crippen LogP contribution in [0.5, 0.6) is 0 Å². The van der Waals surface area contributed by atoms with Crippen LogP contribution in [0.15, 0.2) is 6.07 Å². The Morgan fingerprint density at radius 1 is 1.24 bits per heavy atom. The summed E-state index contributed by atoms with van der Waals surface area (Å²) in [6.45, 7) is 9.67. The Bertz CT molecular complexity index is 883. The third-order valence-electron chi connectivity index (χ3n) is 4.86. The second-order valence-electron chi connectivity index (χ2n) is 8.53. The van der Waals surface area contributed by atoms with Gasteiger partial charge in [0.15, 0.2) is 15.7 Å². The van der Waals surface area contributed by atoms with Gasteiger partial charge in [0.25, 0.3) is 0 Å². The molecule has 0 aliphatic heterocycles. The van der Waals surface area contributed by atoms with E-state index in [2.05, 4.69) is 41.1 Å². The highest BCUT2D eigenvalue weighted by molar-refractivity contribution is 7.92. The first-order chi connectivity index (χ1) is 11.4. The van der Waals surface area contributed by atoms with Crippen molar-refractivity contribution in [3.63, 3.8) is 0 Å². The van der Waals surface area contributed by atoms with Crippen LogP contribution in [0.4, 0.5) is 0 Å². The van der Waals surface area contributed by atoms with Gasteiger partial charge < -0.3 is 0 Å². The van der Waals surface area contributed by atoms with Crippen LogP contribution in [0.3, 0.4) is 0 Å². The Morgan fingerprint density at radius 2 is 1.88 bits per heavy atom. The van der Waals surface area contributed by atoms with Crippen molar-refractivity contribution in [3.05, 3.63) is 17.6 Å². The lowest BCUT2D eigenvalue weighted by Crippen LogP contribution is -2.33. The van der Waals surface area contributed by atoms with Gasteiger partial charge in [0.05, 0.1) is 11.4 Å².